The van der Waals surface area contributed by atoms with Gasteiger partial charge < -0.3 is 5.32 Å². The zero-order chi connectivity index (χ0) is 13.9. The number of fused-ring (bicyclic) bond motifs is 1. The van der Waals surface area contributed by atoms with E-state index in [1.165, 1.54) is 24.0 Å². The molecular formula is C16H19N3O. The maximum Gasteiger partial charge on any atom is 0.229 e. The molecule has 0 spiro atoms. The predicted octanol–water partition coefficient (Wildman–Crippen LogP) is 2.64. The van der Waals surface area contributed by atoms with E-state index < -0.39 is 0 Å². The maximum absolute atomic E-state index is 12.1. The Morgan fingerprint density at radius 1 is 1.35 bits per heavy atom. The van der Waals surface area contributed by atoms with Crippen molar-refractivity contribution in [3.63, 3.8) is 0 Å². The molecule has 4 nitrogen and oxygen atoms in total. The van der Waals surface area contributed by atoms with Crippen LogP contribution in [-0.4, -0.2) is 16.1 Å². The summed E-state index contributed by atoms with van der Waals surface area (Å²) in [7, 11) is 0. The molecule has 4 heteroatoms. The summed E-state index contributed by atoms with van der Waals surface area (Å²) in [5.74, 6) is 0.723. The summed E-state index contributed by atoms with van der Waals surface area (Å²) in [6, 6.07) is 6.41. The first-order chi connectivity index (χ1) is 9.76. The number of nitrogens with zero attached hydrogens (tertiary/aromatic N) is 1. The molecule has 1 aliphatic carbocycles. The Bertz CT molecular complexity index is 630. The molecule has 0 bridgehead atoms. The van der Waals surface area contributed by atoms with Crippen LogP contribution in [0.3, 0.4) is 0 Å². The summed E-state index contributed by atoms with van der Waals surface area (Å²) >= 11 is 0. The molecule has 1 aliphatic rings. The molecule has 0 unspecified atom stereocenters. The fraction of sp³-hybridized carbons (Fsp3) is 0.375. The van der Waals surface area contributed by atoms with E-state index in [1.807, 2.05) is 6.92 Å². The Morgan fingerprint density at radius 2 is 2.20 bits per heavy atom. The smallest absolute Gasteiger partial charge is 0.229 e. The molecule has 1 aromatic heterocycles. The van der Waals surface area contributed by atoms with E-state index in [2.05, 4.69) is 33.7 Å². The minimum Gasteiger partial charge on any atom is -0.311 e. The zero-order valence-corrected chi connectivity index (χ0v) is 11.7. The third kappa shape index (κ3) is 2.59. The van der Waals surface area contributed by atoms with Crippen LogP contribution < -0.4 is 5.32 Å². The van der Waals surface area contributed by atoms with E-state index in [-0.39, 0.29) is 5.91 Å². The first-order valence-corrected chi connectivity index (χ1v) is 7.19. The number of anilines is 1. The Labute approximate surface area is 118 Å². The number of aryl methyl sites for hydroxylation is 3. The normalized spacial score (nSPS) is 13.2. The number of nitrogens with one attached hydrogen (secondary N) is 2. The molecular weight excluding hydrogens is 250 g/mol. The molecule has 1 amide bonds. The lowest BCUT2D eigenvalue weighted by Gasteiger charge is -2.06. The van der Waals surface area contributed by atoms with E-state index in [0.29, 0.717) is 6.42 Å². The second-order valence-electron chi connectivity index (χ2n) is 5.31. The summed E-state index contributed by atoms with van der Waals surface area (Å²) in [5.41, 5.74) is 4.97. The van der Waals surface area contributed by atoms with E-state index in [0.717, 1.165) is 29.8 Å². The van der Waals surface area contributed by atoms with Gasteiger partial charge in [0.1, 0.15) is 5.82 Å². The van der Waals surface area contributed by atoms with E-state index >= 15 is 0 Å². The lowest BCUT2D eigenvalue weighted by molar-refractivity contribution is -0.115. The number of carbonyl (C=O) groups excluding carboxylic acids is 1. The van der Waals surface area contributed by atoms with Gasteiger partial charge in [0.25, 0.3) is 0 Å². The molecule has 2 aromatic rings. The van der Waals surface area contributed by atoms with E-state index in [9.17, 15) is 4.79 Å². The van der Waals surface area contributed by atoms with Crippen molar-refractivity contribution in [2.75, 3.05) is 5.32 Å². The number of rotatable bonds is 4. The molecule has 0 aliphatic heterocycles. The highest BCUT2D eigenvalue weighted by Gasteiger charge is 2.13. The molecule has 0 fully saturated rings. The van der Waals surface area contributed by atoms with Crippen molar-refractivity contribution in [2.45, 2.75) is 39.0 Å². The molecule has 0 saturated carbocycles. The highest BCUT2D eigenvalue weighted by molar-refractivity contribution is 5.92. The Hall–Kier alpha value is -2.10. The first kappa shape index (κ1) is 12.9. The van der Waals surface area contributed by atoms with Gasteiger partial charge in [-0.3, -0.25) is 9.89 Å². The average Bonchev–Trinajstić information content (AvgIpc) is 3.06. The lowest BCUT2D eigenvalue weighted by Crippen LogP contribution is -2.15. The number of amides is 1. The van der Waals surface area contributed by atoms with Crippen molar-refractivity contribution < 1.29 is 4.79 Å². The van der Waals surface area contributed by atoms with Gasteiger partial charge >= 0.3 is 0 Å². The minimum atomic E-state index is 0.00176. The SMILES string of the molecule is CCc1cn[nH]c1NC(=O)Cc1ccc2c(c1)CCC2. The van der Waals surface area contributed by atoms with Gasteiger partial charge in [0.2, 0.25) is 5.91 Å². The molecule has 20 heavy (non-hydrogen) atoms. The van der Waals surface area contributed by atoms with Gasteiger partial charge in [0, 0.05) is 5.56 Å². The second-order valence-corrected chi connectivity index (χ2v) is 5.31. The monoisotopic (exact) mass is 269 g/mol. The number of aromatic amines is 1. The topological polar surface area (TPSA) is 57.8 Å². The van der Waals surface area contributed by atoms with Gasteiger partial charge in [-0.1, -0.05) is 25.1 Å². The van der Waals surface area contributed by atoms with Gasteiger partial charge in [0.05, 0.1) is 12.6 Å². The average molecular weight is 269 g/mol. The van der Waals surface area contributed by atoms with Gasteiger partial charge in [0.15, 0.2) is 0 Å². The van der Waals surface area contributed by atoms with Crippen molar-refractivity contribution in [1.82, 2.24) is 10.2 Å². The van der Waals surface area contributed by atoms with Crippen LogP contribution in [0, 0.1) is 0 Å². The molecule has 2 N–H and O–H groups in total. The largest absolute Gasteiger partial charge is 0.311 e. The summed E-state index contributed by atoms with van der Waals surface area (Å²) < 4.78 is 0. The Kier molecular flexibility index (Phi) is 3.54. The molecule has 1 aromatic carbocycles. The van der Waals surface area contributed by atoms with Crippen LogP contribution in [0.1, 0.15) is 35.6 Å². The van der Waals surface area contributed by atoms with Gasteiger partial charge in [-0.25, -0.2) is 0 Å². The van der Waals surface area contributed by atoms with E-state index in [4.69, 9.17) is 0 Å². The molecule has 3 rings (SSSR count). The number of carbonyl (C=O) groups is 1. The van der Waals surface area contributed by atoms with Gasteiger partial charge in [-0.05, 0) is 42.4 Å². The molecule has 0 atom stereocenters. The Morgan fingerprint density at radius 3 is 3.05 bits per heavy atom. The predicted molar refractivity (Wildman–Crippen MR) is 78.8 cm³/mol. The van der Waals surface area contributed by atoms with Gasteiger partial charge in [-0.15, -0.1) is 0 Å². The fourth-order valence-corrected chi connectivity index (χ4v) is 2.79. The lowest BCUT2D eigenvalue weighted by atomic mass is 10.0. The second kappa shape index (κ2) is 5.49. The summed E-state index contributed by atoms with van der Waals surface area (Å²) in [6.07, 6.45) is 6.57. The van der Waals surface area contributed by atoms with Crippen LogP contribution in [0.2, 0.25) is 0 Å². The van der Waals surface area contributed by atoms with Crippen molar-refractivity contribution in [1.29, 1.82) is 0 Å². The van der Waals surface area contributed by atoms with Crippen LogP contribution in [-0.2, 0) is 30.5 Å². The number of aromatic nitrogens is 2. The quantitative estimate of drug-likeness (QED) is 0.896. The van der Waals surface area contributed by atoms with Crippen LogP contribution in [0.15, 0.2) is 24.4 Å². The third-order valence-electron chi connectivity index (χ3n) is 3.89. The summed E-state index contributed by atoms with van der Waals surface area (Å²) in [6.45, 7) is 2.04. The zero-order valence-electron chi connectivity index (χ0n) is 11.7. The minimum absolute atomic E-state index is 0.00176. The van der Waals surface area contributed by atoms with Crippen molar-refractivity contribution in [3.05, 3.63) is 46.6 Å². The molecule has 0 radical (unpaired) electrons. The van der Waals surface area contributed by atoms with Crippen LogP contribution in [0.4, 0.5) is 5.82 Å². The van der Waals surface area contributed by atoms with Crippen molar-refractivity contribution in [3.8, 4) is 0 Å². The van der Waals surface area contributed by atoms with Crippen LogP contribution >= 0.6 is 0 Å². The number of hydrogen-bond donors (Lipinski definition) is 2. The standard InChI is InChI=1S/C16H19N3O/c1-2-12-10-17-19-16(12)18-15(20)9-11-6-7-13-4-3-5-14(13)8-11/h6-8,10H,2-5,9H2,1H3,(H2,17,18,19,20). The van der Waals surface area contributed by atoms with E-state index in [1.54, 1.807) is 6.20 Å². The highest BCUT2D eigenvalue weighted by Crippen LogP contribution is 2.23. The Balaban J connectivity index is 1.67. The third-order valence-corrected chi connectivity index (χ3v) is 3.89. The highest BCUT2D eigenvalue weighted by atomic mass is 16.1. The summed E-state index contributed by atoms with van der Waals surface area (Å²) in [5, 5.41) is 9.69. The van der Waals surface area contributed by atoms with Crippen LogP contribution in [0.5, 0.6) is 0 Å². The van der Waals surface area contributed by atoms with Crippen molar-refractivity contribution >= 4 is 11.7 Å². The van der Waals surface area contributed by atoms with Crippen LogP contribution in [0.25, 0.3) is 0 Å². The number of hydrogen-bond acceptors (Lipinski definition) is 2. The molecule has 0 saturated heterocycles. The molecule has 1 heterocycles. The first-order valence-electron chi connectivity index (χ1n) is 7.19. The van der Waals surface area contributed by atoms with Gasteiger partial charge in [-0.2, -0.15) is 5.10 Å². The number of H-pyrrole nitrogens is 1. The maximum atomic E-state index is 12.1. The fourth-order valence-electron chi connectivity index (χ4n) is 2.79. The summed E-state index contributed by atoms with van der Waals surface area (Å²) in [4.78, 5) is 12.1. The van der Waals surface area contributed by atoms with Crippen molar-refractivity contribution in [2.24, 2.45) is 0 Å². The molecule has 104 valence electrons. The number of benzene rings is 1.